The Morgan fingerprint density at radius 1 is 0.921 bits per heavy atom. The summed E-state index contributed by atoms with van der Waals surface area (Å²) in [5, 5.41) is 0. The highest BCUT2D eigenvalue weighted by atomic mass is 16.6. The maximum absolute atomic E-state index is 12.0. The third kappa shape index (κ3) is 6.73. The van der Waals surface area contributed by atoms with Gasteiger partial charge in [0.1, 0.15) is 28.8 Å². The topological polar surface area (TPSA) is 80.0 Å². The minimum absolute atomic E-state index is 0.305. The summed E-state index contributed by atoms with van der Waals surface area (Å²) >= 11 is 0. The molecule has 3 aromatic carbocycles. The van der Waals surface area contributed by atoms with Crippen molar-refractivity contribution in [2.45, 2.75) is 46.6 Å². The molecule has 0 fully saturated rings. The number of hydrogen-bond donors (Lipinski definition) is 0. The summed E-state index contributed by atoms with van der Waals surface area (Å²) in [4.78, 5) is 16.7. The number of benzene rings is 3. The molecule has 7 nitrogen and oxygen atoms in total. The molecule has 0 saturated carbocycles. The van der Waals surface area contributed by atoms with Crippen LogP contribution in [0.1, 0.15) is 37.8 Å². The van der Waals surface area contributed by atoms with E-state index in [0.717, 1.165) is 34.1 Å². The minimum atomic E-state index is -1.08. The van der Waals surface area contributed by atoms with Crippen molar-refractivity contribution < 1.29 is 28.2 Å². The van der Waals surface area contributed by atoms with E-state index in [-0.39, 0.29) is 0 Å². The SMILES string of the molecule is CCOC(=O)C(C)(C)Oc1ccc(OCCc2nc(-c3cccc(Oc4ccccc4C)c3)oc2C)cc1. The largest absolute Gasteiger partial charge is 0.493 e. The monoisotopic (exact) mass is 515 g/mol. The summed E-state index contributed by atoms with van der Waals surface area (Å²) in [6, 6.07) is 22.7. The van der Waals surface area contributed by atoms with Crippen LogP contribution in [-0.4, -0.2) is 29.8 Å². The lowest BCUT2D eigenvalue weighted by Gasteiger charge is -2.24. The van der Waals surface area contributed by atoms with Gasteiger partial charge >= 0.3 is 5.97 Å². The maximum atomic E-state index is 12.0. The number of carbonyl (C=O) groups excluding carboxylic acids is 1. The molecule has 1 heterocycles. The van der Waals surface area contributed by atoms with Crippen molar-refractivity contribution >= 4 is 5.97 Å². The standard InChI is InChI=1S/C31H33NO6/c1-6-34-30(33)31(4,5)38-25-16-14-24(15-17-25)35-19-18-27-22(3)36-29(32-27)23-11-9-12-26(20-23)37-28-13-8-7-10-21(28)2/h7-17,20H,6,18-19H2,1-5H3. The van der Waals surface area contributed by atoms with E-state index in [1.807, 2.05) is 62.4 Å². The van der Waals surface area contributed by atoms with Gasteiger partial charge in [-0.1, -0.05) is 24.3 Å². The van der Waals surface area contributed by atoms with E-state index in [1.54, 1.807) is 45.0 Å². The first-order valence-corrected chi connectivity index (χ1v) is 12.6. The Morgan fingerprint density at radius 2 is 1.66 bits per heavy atom. The minimum Gasteiger partial charge on any atom is -0.493 e. The smallest absolute Gasteiger partial charge is 0.349 e. The predicted molar refractivity (Wildman–Crippen MR) is 145 cm³/mol. The number of oxazole rings is 1. The van der Waals surface area contributed by atoms with Gasteiger partial charge in [-0.3, -0.25) is 0 Å². The molecule has 0 N–H and O–H groups in total. The molecule has 0 saturated heterocycles. The normalized spacial score (nSPS) is 11.2. The van der Waals surface area contributed by atoms with Gasteiger partial charge in [-0.25, -0.2) is 9.78 Å². The number of aryl methyl sites for hydroxylation is 2. The van der Waals surface area contributed by atoms with Crippen LogP contribution in [0.25, 0.3) is 11.5 Å². The molecule has 0 aliphatic carbocycles. The van der Waals surface area contributed by atoms with Crippen LogP contribution in [0.3, 0.4) is 0 Å². The summed E-state index contributed by atoms with van der Waals surface area (Å²) in [5.74, 6) is 3.66. The second kappa shape index (κ2) is 11.9. The van der Waals surface area contributed by atoms with E-state index in [2.05, 4.69) is 0 Å². The molecule has 38 heavy (non-hydrogen) atoms. The van der Waals surface area contributed by atoms with Crippen LogP contribution in [0, 0.1) is 13.8 Å². The number of esters is 1. The molecule has 1 aromatic heterocycles. The van der Waals surface area contributed by atoms with Crippen LogP contribution in [0.4, 0.5) is 0 Å². The van der Waals surface area contributed by atoms with E-state index in [9.17, 15) is 4.79 Å². The average Bonchev–Trinajstić information content (AvgIpc) is 3.27. The third-order valence-corrected chi connectivity index (χ3v) is 5.87. The fraction of sp³-hybridized carbons (Fsp3) is 0.290. The first-order chi connectivity index (χ1) is 18.2. The fourth-order valence-electron chi connectivity index (χ4n) is 3.78. The molecule has 0 aliphatic heterocycles. The van der Waals surface area contributed by atoms with Crippen molar-refractivity contribution in [3.63, 3.8) is 0 Å². The Bertz CT molecular complexity index is 1370. The zero-order valence-corrected chi connectivity index (χ0v) is 22.4. The first kappa shape index (κ1) is 26.8. The van der Waals surface area contributed by atoms with Gasteiger partial charge in [0.05, 0.1) is 18.9 Å². The molecule has 4 aromatic rings. The molecule has 0 aliphatic rings. The van der Waals surface area contributed by atoms with Crippen molar-refractivity contribution in [3.8, 4) is 34.5 Å². The van der Waals surface area contributed by atoms with Crippen LogP contribution < -0.4 is 14.2 Å². The average molecular weight is 516 g/mol. The first-order valence-electron chi connectivity index (χ1n) is 12.6. The van der Waals surface area contributed by atoms with Crippen LogP contribution in [0.15, 0.2) is 77.2 Å². The second-order valence-corrected chi connectivity index (χ2v) is 9.32. The van der Waals surface area contributed by atoms with Gasteiger partial charge in [-0.15, -0.1) is 0 Å². The van der Waals surface area contributed by atoms with Gasteiger partial charge in [0.2, 0.25) is 5.89 Å². The molecule has 0 amide bonds. The van der Waals surface area contributed by atoms with Crippen molar-refractivity contribution in [2.75, 3.05) is 13.2 Å². The van der Waals surface area contributed by atoms with Gasteiger partial charge in [-0.05, 0) is 88.7 Å². The maximum Gasteiger partial charge on any atom is 0.349 e. The van der Waals surface area contributed by atoms with E-state index in [4.69, 9.17) is 28.3 Å². The van der Waals surface area contributed by atoms with Gasteiger partial charge in [-0.2, -0.15) is 0 Å². The van der Waals surface area contributed by atoms with Gasteiger partial charge in [0.15, 0.2) is 5.60 Å². The van der Waals surface area contributed by atoms with Crippen LogP contribution >= 0.6 is 0 Å². The lowest BCUT2D eigenvalue weighted by Crippen LogP contribution is -2.39. The van der Waals surface area contributed by atoms with Gasteiger partial charge in [0.25, 0.3) is 0 Å². The lowest BCUT2D eigenvalue weighted by molar-refractivity contribution is -0.158. The van der Waals surface area contributed by atoms with E-state index < -0.39 is 11.6 Å². The quantitative estimate of drug-likeness (QED) is 0.197. The van der Waals surface area contributed by atoms with Crippen molar-refractivity contribution in [1.29, 1.82) is 0 Å². The highest BCUT2D eigenvalue weighted by Gasteiger charge is 2.31. The molecular weight excluding hydrogens is 482 g/mol. The van der Waals surface area contributed by atoms with Crippen molar-refractivity contribution in [1.82, 2.24) is 4.98 Å². The van der Waals surface area contributed by atoms with Crippen molar-refractivity contribution in [2.24, 2.45) is 0 Å². The molecule has 7 heteroatoms. The summed E-state index contributed by atoms with van der Waals surface area (Å²) in [5.41, 5.74) is 1.66. The van der Waals surface area contributed by atoms with Gasteiger partial charge < -0.3 is 23.4 Å². The van der Waals surface area contributed by atoms with E-state index in [1.165, 1.54) is 0 Å². The Kier molecular flexibility index (Phi) is 8.36. The summed E-state index contributed by atoms with van der Waals surface area (Å²) in [7, 11) is 0. The highest BCUT2D eigenvalue weighted by molar-refractivity contribution is 5.79. The molecular formula is C31H33NO6. The molecule has 0 bridgehead atoms. The number of aromatic nitrogens is 1. The Balaban J connectivity index is 1.34. The predicted octanol–water partition coefficient (Wildman–Crippen LogP) is 7.09. The van der Waals surface area contributed by atoms with Crippen LogP contribution in [-0.2, 0) is 16.0 Å². The summed E-state index contributed by atoms with van der Waals surface area (Å²) in [6.45, 7) is 9.77. The van der Waals surface area contributed by atoms with Crippen LogP contribution in [0.2, 0.25) is 0 Å². The Hall–Kier alpha value is -4.26. The van der Waals surface area contributed by atoms with E-state index >= 15 is 0 Å². The highest BCUT2D eigenvalue weighted by Crippen LogP contribution is 2.30. The van der Waals surface area contributed by atoms with Crippen LogP contribution in [0.5, 0.6) is 23.0 Å². The molecule has 198 valence electrons. The number of hydrogen-bond acceptors (Lipinski definition) is 7. The molecule has 0 atom stereocenters. The fourth-order valence-corrected chi connectivity index (χ4v) is 3.78. The van der Waals surface area contributed by atoms with Crippen molar-refractivity contribution in [3.05, 3.63) is 89.8 Å². The summed E-state index contributed by atoms with van der Waals surface area (Å²) in [6.07, 6.45) is 0.586. The zero-order chi connectivity index (χ0) is 27.1. The molecule has 0 spiro atoms. The number of carbonyl (C=O) groups is 1. The number of nitrogens with zero attached hydrogens (tertiary/aromatic N) is 1. The summed E-state index contributed by atoms with van der Waals surface area (Å²) < 4.78 is 28.8. The lowest BCUT2D eigenvalue weighted by atomic mass is 10.1. The number of rotatable bonds is 11. The van der Waals surface area contributed by atoms with Gasteiger partial charge in [0, 0.05) is 12.0 Å². The zero-order valence-electron chi connectivity index (χ0n) is 22.4. The molecule has 0 unspecified atom stereocenters. The Morgan fingerprint density at radius 3 is 2.39 bits per heavy atom. The Labute approximate surface area is 223 Å². The third-order valence-electron chi connectivity index (χ3n) is 5.87. The molecule has 0 radical (unpaired) electrons. The number of ether oxygens (including phenoxy) is 4. The second-order valence-electron chi connectivity index (χ2n) is 9.32. The number of para-hydroxylation sites is 1. The van der Waals surface area contributed by atoms with E-state index in [0.29, 0.717) is 37.0 Å². The molecule has 4 rings (SSSR count).